The molecule has 0 aliphatic rings. The van der Waals surface area contributed by atoms with Crippen molar-refractivity contribution in [3.63, 3.8) is 0 Å². The van der Waals surface area contributed by atoms with E-state index in [1.54, 1.807) is 0 Å². The van der Waals surface area contributed by atoms with Gasteiger partial charge in [0.1, 0.15) is 5.75 Å². The van der Waals surface area contributed by atoms with Gasteiger partial charge in [0.05, 0.1) is 13.2 Å². The van der Waals surface area contributed by atoms with Gasteiger partial charge in [-0.05, 0) is 38.0 Å². The smallest absolute Gasteiger partial charge is 0.119 e. The van der Waals surface area contributed by atoms with Crippen LogP contribution in [0.2, 0.25) is 0 Å². The minimum Gasteiger partial charge on any atom is -0.494 e. The molecule has 1 unspecified atom stereocenters. The first-order valence-corrected chi connectivity index (χ1v) is 6.79. The molecule has 0 saturated heterocycles. The van der Waals surface area contributed by atoms with Gasteiger partial charge in [0.2, 0.25) is 0 Å². The molecule has 1 atom stereocenters. The summed E-state index contributed by atoms with van der Waals surface area (Å²) in [6, 6.07) is 8.61. The SMILES string of the molecule is CCCOc1cccc(CNC(C)COCC)c1. The summed E-state index contributed by atoms with van der Waals surface area (Å²) in [6.45, 7) is 9.40. The average Bonchev–Trinajstić information content (AvgIpc) is 2.41. The number of benzene rings is 1. The van der Waals surface area contributed by atoms with Crippen LogP contribution in [0.1, 0.15) is 32.8 Å². The summed E-state index contributed by atoms with van der Waals surface area (Å²) in [4.78, 5) is 0. The summed E-state index contributed by atoms with van der Waals surface area (Å²) in [5, 5.41) is 3.44. The van der Waals surface area contributed by atoms with Crippen LogP contribution in [-0.2, 0) is 11.3 Å². The molecule has 3 heteroatoms. The highest BCUT2D eigenvalue weighted by molar-refractivity contribution is 5.28. The van der Waals surface area contributed by atoms with Gasteiger partial charge < -0.3 is 14.8 Å². The normalized spacial score (nSPS) is 12.4. The zero-order valence-electron chi connectivity index (χ0n) is 11.7. The number of hydrogen-bond acceptors (Lipinski definition) is 3. The van der Waals surface area contributed by atoms with Crippen molar-refractivity contribution in [1.29, 1.82) is 0 Å². The molecule has 1 N–H and O–H groups in total. The number of ether oxygens (including phenoxy) is 2. The maximum atomic E-state index is 5.62. The zero-order valence-corrected chi connectivity index (χ0v) is 11.7. The Morgan fingerprint density at radius 2 is 2.11 bits per heavy atom. The van der Waals surface area contributed by atoms with Gasteiger partial charge in [-0.25, -0.2) is 0 Å². The molecule has 0 saturated carbocycles. The van der Waals surface area contributed by atoms with Crippen LogP contribution in [0, 0.1) is 0 Å². The van der Waals surface area contributed by atoms with Crippen molar-refractivity contribution >= 4 is 0 Å². The molecule has 0 aliphatic heterocycles. The van der Waals surface area contributed by atoms with E-state index in [2.05, 4.69) is 31.3 Å². The van der Waals surface area contributed by atoms with Gasteiger partial charge in [0.15, 0.2) is 0 Å². The zero-order chi connectivity index (χ0) is 13.2. The van der Waals surface area contributed by atoms with Gasteiger partial charge in [-0.3, -0.25) is 0 Å². The van der Waals surface area contributed by atoms with Gasteiger partial charge in [-0.1, -0.05) is 19.1 Å². The predicted molar refractivity (Wildman–Crippen MR) is 75.0 cm³/mol. The van der Waals surface area contributed by atoms with Crippen LogP contribution in [0.4, 0.5) is 0 Å². The second-order valence-corrected chi connectivity index (χ2v) is 4.44. The molecule has 0 spiro atoms. The molecule has 0 radical (unpaired) electrons. The van der Waals surface area contributed by atoms with E-state index in [4.69, 9.17) is 9.47 Å². The highest BCUT2D eigenvalue weighted by Crippen LogP contribution is 2.13. The average molecular weight is 251 g/mol. The Morgan fingerprint density at radius 1 is 1.28 bits per heavy atom. The largest absolute Gasteiger partial charge is 0.494 e. The fraction of sp³-hybridized carbons (Fsp3) is 0.600. The Labute approximate surface area is 110 Å². The minimum absolute atomic E-state index is 0.366. The summed E-state index contributed by atoms with van der Waals surface area (Å²) in [5.41, 5.74) is 1.24. The van der Waals surface area contributed by atoms with Crippen molar-refractivity contribution in [1.82, 2.24) is 5.32 Å². The van der Waals surface area contributed by atoms with Gasteiger partial charge in [-0.2, -0.15) is 0 Å². The van der Waals surface area contributed by atoms with Gasteiger partial charge >= 0.3 is 0 Å². The fourth-order valence-corrected chi connectivity index (χ4v) is 1.61. The fourth-order valence-electron chi connectivity index (χ4n) is 1.61. The van der Waals surface area contributed by atoms with Gasteiger partial charge in [-0.15, -0.1) is 0 Å². The van der Waals surface area contributed by atoms with E-state index in [9.17, 15) is 0 Å². The van der Waals surface area contributed by atoms with E-state index in [0.717, 1.165) is 38.5 Å². The lowest BCUT2D eigenvalue weighted by atomic mass is 10.2. The topological polar surface area (TPSA) is 30.5 Å². The Bertz CT molecular complexity index is 328. The van der Waals surface area contributed by atoms with E-state index in [0.29, 0.717) is 6.04 Å². The summed E-state index contributed by atoms with van der Waals surface area (Å²) in [7, 11) is 0. The number of rotatable bonds is 9. The standard InChI is InChI=1S/C15H25NO2/c1-4-9-18-15-8-6-7-14(10-15)11-16-13(3)12-17-5-2/h6-8,10,13,16H,4-5,9,11-12H2,1-3H3. The summed E-state index contributed by atoms with van der Waals surface area (Å²) in [5.74, 6) is 0.952. The lowest BCUT2D eigenvalue weighted by Gasteiger charge is -2.14. The number of hydrogen-bond donors (Lipinski definition) is 1. The molecule has 0 aromatic heterocycles. The van der Waals surface area contributed by atoms with Crippen molar-refractivity contribution in [2.45, 2.75) is 39.8 Å². The van der Waals surface area contributed by atoms with Gasteiger partial charge in [0.25, 0.3) is 0 Å². The van der Waals surface area contributed by atoms with Gasteiger partial charge in [0, 0.05) is 19.2 Å². The number of nitrogens with one attached hydrogen (secondary N) is 1. The second kappa shape index (κ2) is 8.95. The molecule has 102 valence electrons. The first-order chi connectivity index (χ1) is 8.76. The molecule has 1 rings (SSSR count). The van der Waals surface area contributed by atoms with Crippen molar-refractivity contribution in [2.24, 2.45) is 0 Å². The molecule has 1 aromatic rings. The van der Waals surface area contributed by atoms with Crippen molar-refractivity contribution < 1.29 is 9.47 Å². The molecule has 0 bridgehead atoms. The molecule has 1 aromatic carbocycles. The first kappa shape index (κ1) is 15.0. The van der Waals surface area contributed by atoms with Crippen molar-refractivity contribution in [3.8, 4) is 5.75 Å². The van der Waals surface area contributed by atoms with E-state index < -0.39 is 0 Å². The molecular weight excluding hydrogens is 226 g/mol. The summed E-state index contributed by atoms with van der Waals surface area (Å²) in [6.07, 6.45) is 1.04. The van der Waals surface area contributed by atoms with Crippen LogP contribution in [0.3, 0.4) is 0 Å². The second-order valence-electron chi connectivity index (χ2n) is 4.44. The highest BCUT2D eigenvalue weighted by atomic mass is 16.5. The van der Waals surface area contributed by atoms with Crippen LogP contribution in [-0.4, -0.2) is 25.9 Å². The third kappa shape index (κ3) is 6.03. The third-order valence-corrected chi connectivity index (χ3v) is 2.60. The lowest BCUT2D eigenvalue weighted by molar-refractivity contribution is 0.127. The van der Waals surface area contributed by atoms with Crippen molar-refractivity contribution in [3.05, 3.63) is 29.8 Å². The van der Waals surface area contributed by atoms with Crippen LogP contribution < -0.4 is 10.1 Å². The molecule has 18 heavy (non-hydrogen) atoms. The van der Waals surface area contributed by atoms with E-state index in [1.807, 2.05) is 19.1 Å². The molecular formula is C15H25NO2. The predicted octanol–water partition coefficient (Wildman–Crippen LogP) is 2.99. The Kier molecular flexibility index (Phi) is 7.46. The Balaban J connectivity index is 2.37. The van der Waals surface area contributed by atoms with Crippen LogP contribution >= 0.6 is 0 Å². The monoisotopic (exact) mass is 251 g/mol. The maximum Gasteiger partial charge on any atom is 0.119 e. The third-order valence-electron chi connectivity index (χ3n) is 2.60. The van der Waals surface area contributed by atoms with Crippen molar-refractivity contribution in [2.75, 3.05) is 19.8 Å². The van der Waals surface area contributed by atoms with E-state index in [1.165, 1.54) is 5.56 Å². The summed E-state index contributed by atoms with van der Waals surface area (Å²) < 4.78 is 11.0. The Morgan fingerprint density at radius 3 is 2.83 bits per heavy atom. The quantitative estimate of drug-likeness (QED) is 0.732. The van der Waals surface area contributed by atoms with Crippen LogP contribution in [0.5, 0.6) is 5.75 Å². The molecule has 0 fully saturated rings. The van der Waals surface area contributed by atoms with E-state index >= 15 is 0 Å². The maximum absolute atomic E-state index is 5.62. The van der Waals surface area contributed by atoms with Crippen LogP contribution in [0.25, 0.3) is 0 Å². The Hall–Kier alpha value is -1.06. The molecule has 3 nitrogen and oxygen atoms in total. The molecule has 0 heterocycles. The lowest BCUT2D eigenvalue weighted by Crippen LogP contribution is -2.30. The summed E-state index contributed by atoms with van der Waals surface area (Å²) >= 11 is 0. The van der Waals surface area contributed by atoms with Crippen LogP contribution in [0.15, 0.2) is 24.3 Å². The van der Waals surface area contributed by atoms with E-state index in [-0.39, 0.29) is 0 Å². The molecule has 0 amide bonds. The highest BCUT2D eigenvalue weighted by Gasteiger charge is 2.02. The minimum atomic E-state index is 0.366. The molecule has 0 aliphatic carbocycles. The first-order valence-electron chi connectivity index (χ1n) is 6.79.